The van der Waals surface area contributed by atoms with Crippen LogP contribution in [0.2, 0.25) is 0 Å². The molecule has 1 fully saturated rings. The first-order valence-corrected chi connectivity index (χ1v) is 6.78. The fourth-order valence-electron chi connectivity index (χ4n) is 2.68. The van der Waals surface area contributed by atoms with E-state index in [1.165, 1.54) is 0 Å². The summed E-state index contributed by atoms with van der Waals surface area (Å²) >= 11 is 0. The summed E-state index contributed by atoms with van der Waals surface area (Å²) < 4.78 is 10.9. The van der Waals surface area contributed by atoms with Crippen LogP contribution in [-0.4, -0.2) is 26.8 Å². The van der Waals surface area contributed by atoms with E-state index >= 15 is 0 Å². The molecule has 0 atom stereocenters. The molecule has 0 aliphatic heterocycles. The van der Waals surface area contributed by atoms with Crippen LogP contribution in [0.1, 0.15) is 24.0 Å². The van der Waals surface area contributed by atoms with Crippen LogP contribution < -0.4 is 20.5 Å². The molecule has 1 aromatic rings. The Morgan fingerprint density at radius 3 is 2.42 bits per heavy atom. The molecule has 3 N–H and O–H groups in total. The average Bonchev–Trinajstić information content (AvgIpc) is 2.37. The number of benzene rings is 1. The highest BCUT2D eigenvalue weighted by Crippen LogP contribution is 2.37. The number of anilines is 1. The van der Waals surface area contributed by atoms with Crippen LogP contribution in [-0.2, 0) is 0 Å². The van der Waals surface area contributed by atoms with Gasteiger partial charge in [0, 0.05) is 18.7 Å². The summed E-state index contributed by atoms with van der Waals surface area (Å²) in [5.41, 5.74) is 9.05. The van der Waals surface area contributed by atoms with Gasteiger partial charge in [0.1, 0.15) is 11.5 Å². The fraction of sp³-hybridized carbons (Fsp3) is 0.600. The number of methoxy groups -OCH3 is 2. The summed E-state index contributed by atoms with van der Waals surface area (Å²) in [6.45, 7) is 5.04. The van der Waals surface area contributed by atoms with E-state index in [1.54, 1.807) is 14.2 Å². The quantitative estimate of drug-likeness (QED) is 0.858. The molecule has 1 saturated carbocycles. The third kappa shape index (κ3) is 2.78. The van der Waals surface area contributed by atoms with Crippen LogP contribution in [0.3, 0.4) is 0 Å². The Bertz CT molecular complexity index is 454. The predicted molar refractivity (Wildman–Crippen MR) is 78.2 cm³/mol. The molecular formula is C15H24N2O2. The molecule has 0 unspecified atom stereocenters. The van der Waals surface area contributed by atoms with Gasteiger partial charge in [-0.3, -0.25) is 0 Å². The van der Waals surface area contributed by atoms with Crippen LogP contribution in [0.5, 0.6) is 11.5 Å². The molecule has 0 heterocycles. The summed E-state index contributed by atoms with van der Waals surface area (Å²) in [6.07, 6.45) is 2.22. The van der Waals surface area contributed by atoms with E-state index in [-0.39, 0.29) is 0 Å². The maximum atomic E-state index is 5.81. The number of nitrogens with two attached hydrogens (primary N) is 1. The van der Waals surface area contributed by atoms with Crippen LogP contribution in [0, 0.1) is 19.8 Å². The molecule has 4 heteroatoms. The molecule has 1 aliphatic rings. The normalized spacial score (nSPS) is 21.7. The lowest BCUT2D eigenvalue weighted by Gasteiger charge is -2.33. The second-order valence-electron chi connectivity index (χ2n) is 5.39. The van der Waals surface area contributed by atoms with Crippen molar-refractivity contribution >= 4 is 5.69 Å². The van der Waals surface area contributed by atoms with E-state index in [2.05, 4.69) is 12.2 Å². The Labute approximate surface area is 115 Å². The van der Waals surface area contributed by atoms with Crippen molar-refractivity contribution < 1.29 is 9.47 Å². The fourth-order valence-corrected chi connectivity index (χ4v) is 2.68. The molecule has 1 aromatic carbocycles. The van der Waals surface area contributed by atoms with Gasteiger partial charge >= 0.3 is 0 Å². The Hall–Kier alpha value is -1.42. The number of hydrogen-bond acceptors (Lipinski definition) is 4. The van der Waals surface area contributed by atoms with Crippen LogP contribution in [0.4, 0.5) is 5.69 Å². The smallest absolute Gasteiger partial charge is 0.145 e. The zero-order chi connectivity index (χ0) is 14.0. The van der Waals surface area contributed by atoms with Gasteiger partial charge in [-0.1, -0.05) is 0 Å². The van der Waals surface area contributed by atoms with Crippen molar-refractivity contribution in [3.8, 4) is 11.5 Å². The molecule has 4 nitrogen and oxygen atoms in total. The van der Waals surface area contributed by atoms with Crippen LogP contribution >= 0.6 is 0 Å². The van der Waals surface area contributed by atoms with Crippen molar-refractivity contribution in [3.63, 3.8) is 0 Å². The minimum Gasteiger partial charge on any atom is -0.496 e. The Morgan fingerprint density at radius 2 is 1.89 bits per heavy atom. The molecular weight excluding hydrogens is 240 g/mol. The SMILES string of the molecule is COc1cc(NCC2CC(N)C2)c(OC)c(C)c1C. The first kappa shape index (κ1) is 14.0. The van der Waals surface area contributed by atoms with Crippen molar-refractivity contribution in [3.05, 3.63) is 17.2 Å². The second-order valence-corrected chi connectivity index (χ2v) is 5.39. The summed E-state index contributed by atoms with van der Waals surface area (Å²) in [6, 6.07) is 2.41. The Kier molecular flexibility index (Phi) is 4.20. The van der Waals surface area contributed by atoms with Gasteiger partial charge in [0.15, 0.2) is 0 Å². The summed E-state index contributed by atoms with van der Waals surface area (Å²) in [5, 5.41) is 3.47. The molecule has 0 bridgehead atoms. The maximum Gasteiger partial charge on any atom is 0.145 e. The van der Waals surface area contributed by atoms with Gasteiger partial charge in [-0.15, -0.1) is 0 Å². The molecule has 0 aromatic heterocycles. The van der Waals surface area contributed by atoms with Crippen molar-refractivity contribution in [2.45, 2.75) is 32.7 Å². The highest BCUT2D eigenvalue weighted by atomic mass is 16.5. The largest absolute Gasteiger partial charge is 0.496 e. The van der Waals surface area contributed by atoms with Crippen molar-refractivity contribution in [1.82, 2.24) is 0 Å². The van der Waals surface area contributed by atoms with Gasteiger partial charge in [-0.2, -0.15) is 0 Å². The number of ether oxygens (including phenoxy) is 2. The molecule has 106 valence electrons. The third-order valence-corrected chi connectivity index (χ3v) is 4.07. The minimum atomic E-state index is 0.392. The molecule has 0 spiro atoms. The van der Waals surface area contributed by atoms with E-state index in [0.717, 1.165) is 47.7 Å². The zero-order valence-electron chi connectivity index (χ0n) is 12.2. The lowest BCUT2D eigenvalue weighted by molar-refractivity contribution is 0.279. The van der Waals surface area contributed by atoms with Crippen molar-refractivity contribution in [1.29, 1.82) is 0 Å². The maximum absolute atomic E-state index is 5.81. The summed E-state index contributed by atoms with van der Waals surface area (Å²) in [4.78, 5) is 0. The van der Waals surface area contributed by atoms with Gasteiger partial charge in [0.25, 0.3) is 0 Å². The molecule has 1 aliphatic carbocycles. The van der Waals surface area contributed by atoms with Gasteiger partial charge in [0.05, 0.1) is 19.9 Å². The lowest BCUT2D eigenvalue weighted by Crippen LogP contribution is -2.39. The number of nitrogens with one attached hydrogen (secondary N) is 1. The average molecular weight is 264 g/mol. The highest BCUT2D eigenvalue weighted by Gasteiger charge is 2.26. The first-order valence-electron chi connectivity index (χ1n) is 6.78. The topological polar surface area (TPSA) is 56.5 Å². The lowest BCUT2D eigenvalue weighted by atomic mass is 9.81. The third-order valence-electron chi connectivity index (χ3n) is 4.07. The van der Waals surface area contributed by atoms with Crippen LogP contribution in [0.15, 0.2) is 6.07 Å². The van der Waals surface area contributed by atoms with E-state index < -0.39 is 0 Å². The Balaban J connectivity index is 2.15. The monoisotopic (exact) mass is 264 g/mol. The molecule has 0 saturated heterocycles. The standard InChI is InChI=1S/C15H24N2O2/c1-9-10(2)15(19-4)13(7-14(9)18-3)17-8-11-5-12(16)6-11/h7,11-12,17H,5-6,8,16H2,1-4H3. The molecule has 2 rings (SSSR count). The Morgan fingerprint density at radius 1 is 1.21 bits per heavy atom. The van der Waals surface area contributed by atoms with Gasteiger partial charge in [-0.25, -0.2) is 0 Å². The van der Waals surface area contributed by atoms with E-state index in [0.29, 0.717) is 12.0 Å². The van der Waals surface area contributed by atoms with E-state index in [4.69, 9.17) is 15.2 Å². The van der Waals surface area contributed by atoms with Crippen molar-refractivity contribution in [2.75, 3.05) is 26.1 Å². The minimum absolute atomic E-state index is 0.392. The van der Waals surface area contributed by atoms with Crippen molar-refractivity contribution in [2.24, 2.45) is 11.7 Å². The van der Waals surface area contributed by atoms with Crippen LogP contribution in [0.25, 0.3) is 0 Å². The van der Waals surface area contributed by atoms with Gasteiger partial charge in [0.2, 0.25) is 0 Å². The summed E-state index contributed by atoms with van der Waals surface area (Å²) in [5.74, 6) is 2.47. The zero-order valence-corrected chi connectivity index (χ0v) is 12.2. The van der Waals surface area contributed by atoms with E-state index in [1.807, 2.05) is 13.0 Å². The molecule has 0 radical (unpaired) electrons. The highest BCUT2D eigenvalue weighted by molar-refractivity contribution is 5.66. The van der Waals surface area contributed by atoms with Gasteiger partial charge in [-0.05, 0) is 43.7 Å². The van der Waals surface area contributed by atoms with E-state index in [9.17, 15) is 0 Å². The molecule has 0 amide bonds. The second kappa shape index (κ2) is 5.70. The number of rotatable bonds is 5. The number of hydrogen-bond donors (Lipinski definition) is 2. The first-order chi connectivity index (χ1) is 9.06. The van der Waals surface area contributed by atoms with Gasteiger partial charge < -0.3 is 20.5 Å². The predicted octanol–water partition coefficient (Wildman–Crippen LogP) is 2.47. The summed E-state index contributed by atoms with van der Waals surface area (Å²) in [7, 11) is 3.40. The molecule has 19 heavy (non-hydrogen) atoms.